The highest BCUT2D eigenvalue weighted by Gasteiger charge is 2.31. The Labute approximate surface area is 124 Å². The lowest BCUT2D eigenvalue weighted by Crippen LogP contribution is -2.37. The molecule has 0 unspecified atom stereocenters. The molecule has 1 aliphatic heterocycles. The number of nitrogens with one attached hydrogen (secondary N) is 1. The number of hydrogen-bond donors (Lipinski definition) is 1. The predicted octanol–water partition coefficient (Wildman–Crippen LogP) is 3.60. The molecule has 0 aliphatic carbocycles. The number of rotatable bonds is 6. The second-order valence-corrected chi connectivity index (χ2v) is 7.01. The first-order valence-corrected chi connectivity index (χ1v) is 8.04. The van der Waals surface area contributed by atoms with E-state index in [9.17, 15) is 0 Å². The normalized spacial score (nSPS) is 18.9. The van der Waals surface area contributed by atoms with Crippen molar-refractivity contribution in [1.29, 1.82) is 0 Å². The predicted molar refractivity (Wildman–Crippen MR) is 87.0 cm³/mol. The highest BCUT2D eigenvalue weighted by atomic mass is 15.2. The third-order valence-electron chi connectivity index (χ3n) is 4.44. The van der Waals surface area contributed by atoms with Gasteiger partial charge >= 0.3 is 0 Å². The first kappa shape index (κ1) is 15.5. The van der Waals surface area contributed by atoms with E-state index in [0.717, 1.165) is 19.5 Å². The molecule has 0 amide bonds. The van der Waals surface area contributed by atoms with Crippen LogP contribution in [-0.2, 0) is 13.0 Å². The van der Waals surface area contributed by atoms with Crippen molar-refractivity contribution in [2.24, 2.45) is 0 Å². The van der Waals surface area contributed by atoms with Gasteiger partial charge in [0.2, 0.25) is 0 Å². The van der Waals surface area contributed by atoms with Gasteiger partial charge in [0.05, 0.1) is 0 Å². The fourth-order valence-electron chi connectivity index (χ4n) is 2.99. The van der Waals surface area contributed by atoms with Gasteiger partial charge in [-0.2, -0.15) is 0 Å². The van der Waals surface area contributed by atoms with E-state index >= 15 is 0 Å². The molecule has 0 atom stereocenters. The van der Waals surface area contributed by atoms with Gasteiger partial charge in [-0.1, -0.05) is 38.1 Å². The molecule has 2 heteroatoms. The molecule has 1 aromatic carbocycles. The Kier molecular flexibility index (Phi) is 5.22. The average Bonchev–Trinajstić information content (AvgIpc) is 2.70. The largest absolute Gasteiger partial charge is 0.314 e. The van der Waals surface area contributed by atoms with Gasteiger partial charge in [-0.15, -0.1) is 0 Å². The lowest BCUT2D eigenvalue weighted by atomic mass is 10.0. The Hall–Kier alpha value is -0.860. The quantitative estimate of drug-likeness (QED) is 0.852. The van der Waals surface area contributed by atoms with Crippen LogP contribution >= 0.6 is 0 Å². The smallest absolute Gasteiger partial charge is 0.0239 e. The summed E-state index contributed by atoms with van der Waals surface area (Å²) in [6.45, 7) is 12.5. The number of nitrogens with zero attached hydrogens (tertiary/aromatic N) is 1. The maximum Gasteiger partial charge on any atom is 0.0239 e. The van der Waals surface area contributed by atoms with Crippen molar-refractivity contribution in [1.82, 2.24) is 10.2 Å². The van der Waals surface area contributed by atoms with Gasteiger partial charge < -0.3 is 5.32 Å². The minimum absolute atomic E-state index is 0.375. The lowest BCUT2D eigenvalue weighted by molar-refractivity contribution is 0.166. The SMILES string of the molecule is CC(C)NCCc1ccc(CN2CCCC2(C)C)cc1. The molecule has 1 aliphatic rings. The molecule has 0 spiro atoms. The van der Waals surface area contributed by atoms with E-state index in [4.69, 9.17) is 0 Å². The molecule has 0 aromatic heterocycles. The zero-order chi connectivity index (χ0) is 14.6. The van der Waals surface area contributed by atoms with Gasteiger partial charge in [-0.05, 0) is 57.3 Å². The van der Waals surface area contributed by atoms with Crippen molar-refractivity contribution in [3.8, 4) is 0 Å². The molecule has 1 heterocycles. The maximum absolute atomic E-state index is 3.47. The lowest BCUT2D eigenvalue weighted by Gasteiger charge is -2.31. The van der Waals surface area contributed by atoms with Crippen LogP contribution in [0.1, 0.15) is 51.7 Å². The first-order chi connectivity index (χ1) is 9.47. The summed E-state index contributed by atoms with van der Waals surface area (Å²) >= 11 is 0. The van der Waals surface area contributed by atoms with Crippen LogP contribution in [0.25, 0.3) is 0 Å². The third-order valence-corrected chi connectivity index (χ3v) is 4.44. The monoisotopic (exact) mass is 274 g/mol. The topological polar surface area (TPSA) is 15.3 Å². The summed E-state index contributed by atoms with van der Waals surface area (Å²) in [7, 11) is 0. The van der Waals surface area contributed by atoms with Gasteiger partial charge in [0.1, 0.15) is 0 Å². The van der Waals surface area contributed by atoms with Gasteiger partial charge in [0.15, 0.2) is 0 Å². The highest BCUT2D eigenvalue weighted by molar-refractivity contribution is 5.23. The standard InChI is InChI=1S/C18H30N2/c1-15(2)19-12-10-16-6-8-17(9-7-16)14-20-13-5-11-18(20,3)4/h6-9,15,19H,5,10-14H2,1-4H3. The first-order valence-electron chi connectivity index (χ1n) is 8.04. The fourth-order valence-corrected chi connectivity index (χ4v) is 2.99. The van der Waals surface area contributed by atoms with Crippen LogP contribution in [0.2, 0.25) is 0 Å². The number of likely N-dealkylation sites (tertiary alicyclic amines) is 1. The molecule has 0 radical (unpaired) electrons. The molecular weight excluding hydrogens is 244 g/mol. The number of benzene rings is 1. The van der Waals surface area contributed by atoms with Gasteiger partial charge in [-0.3, -0.25) is 4.90 Å². The van der Waals surface area contributed by atoms with E-state index in [2.05, 4.69) is 62.2 Å². The molecule has 2 nitrogen and oxygen atoms in total. The van der Waals surface area contributed by atoms with Crippen LogP contribution in [0.15, 0.2) is 24.3 Å². The van der Waals surface area contributed by atoms with Crippen molar-refractivity contribution in [3.63, 3.8) is 0 Å². The van der Waals surface area contributed by atoms with Gasteiger partial charge in [0.25, 0.3) is 0 Å². The summed E-state index contributed by atoms with van der Waals surface area (Å²) in [6.07, 6.45) is 3.78. The highest BCUT2D eigenvalue weighted by Crippen LogP contribution is 2.29. The molecule has 1 fully saturated rings. The molecule has 20 heavy (non-hydrogen) atoms. The Morgan fingerprint density at radius 3 is 2.35 bits per heavy atom. The molecule has 1 aromatic rings. The van der Waals surface area contributed by atoms with E-state index in [1.54, 1.807) is 0 Å². The third kappa shape index (κ3) is 4.32. The summed E-state index contributed by atoms with van der Waals surface area (Å²) in [6, 6.07) is 9.77. The molecular formula is C18H30N2. The zero-order valence-corrected chi connectivity index (χ0v) is 13.6. The second-order valence-electron chi connectivity index (χ2n) is 7.01. The van der Waals surface area contributed by atoms with E-state index < -0.39 is 0 Å². The summed E-state index contributed by atoms with van der Waals surface area (Å²) in [4.78, 5) is 2.61. The van der Waals surface area contributed by atoms with Crippen LogP contribution in [0, 0.1) is 0 Å². The van der Waals surface area contributed by atoms with Crippen LogP contribution in [0.3, 0.4) is 0 Å². The number of hydrogen-bond acceptors (Lipinski definition) is 2. The summed E-state index contributed by atoms with van der Waals surface area (Å²) in [5, 5.41) is 3.47. The van der Waals surface area contributed by atoms with Crippen LogP contribution in [0.5, 0.6) is 0 Å². The summed E-state index contributed by atoms with van der Waals surface area (Å²) < 4.78 is 0. The molecule has 0 saturated carbocycles. The Morgan fingerprint density at radius 2 is 1.80 bits per heavy atom. The Morgan fingerprint density at radius 1 is 1.15 bits per heavy atom. The van der Waals surface area contributed by atoms with Crippen molar-refractivity contribution >= 4 is 0 Å². The van der Waals surface area contributed by atoms with E-state index in [0.29, 0.717) is 11.6 Å². The molecule has 2 rings (SSSR count). The maximum atomic E-state index is 3.47. The van der Waals surface area contributed by atoms with Crippen LogP contribution in [-0.4, -0.2) is 29.6 Å². The van der Waals surface area contributed by atoms with E-state index in [-0.39, 0.29) is 0 Å². The summed E-state index contributed by atoms with van der Waals surface area (Å²) in [5.41, 5.74) is 3.25. The molecule has 1 N–H and O–H groups in total. The Balaban J connectivity index is 1.85. The van der Waals surface area contributed by atoms with Crippen LogP contribution < -0.4 is 5.32 Å². The van der Waals surface area contributed by atoms with Crippen molar-refractivity contribution in [3.05, 3.63) is 35.4 Å². The van der Waals surface area contributed by atoms with Crippen molar-refractivity contribution in [2.75, 3.05) is 13.1 Å². The van der Waals surface area contributed by atoms with Gasteiger partial charge in [-0.25, -0.2) is 0 Å². The average molecular weight is 274 g/mol. The van der Waals surface area contributed by atoms with Crippen LogP contribution in [0.4, 0.5) is 0 Å². The summed E-state index contributed by atoms with van der Waals surface area (Å²) in [5.74, 6) is 0. The Bertz CT molecular complexity index is 406. The van der Waals surface area contributed by atoms with E-state index in [1.807, 2.05) is 0 Å². The van der Waals surface area contributed by atoms with Crippen molar-refractivity contribution < 1.29 is 0 Å². The van der Waals surface area contributed by atoms with E-state index in [1.165, 1.54) is 30.5 Å². The zero-order valence-electron chi connectivity index (χ0n) is 13.6. The molecule has 112 valence electrons. The minimum Gasteiger partial charge on any atom is -0.314 e. The molecule has 0 bridgehead atoms. The minimum atomic E-state index is 0.375. The van der Waals surface area contributed by atoms with Gasteiger partial charge in [0, 0.05) is 18.1 Å². The fraction of sp³-hybridized carbons (Fsp3) is 0.667. The second kappa shape index (κ2) is 6.73. The van der Waals surface area contributed by atoms with Crippen molar-refractivity contribution in [2.45, 2.75) is 65.1 Å². The molecule has 1 saturated heterocycles.